The summed E-state index contributed by atoms with van der Waals surface area (Å²) in [7, 11) is -3.28. The Morgan fingerprint density at radius 1 is 0.922 bits per heavy atom. The van der Waals surface area contributed by atoms with Gasteiger partial charge in [-0.15, -0.1) is 0 Å². The number of anilines is 1. The summed E-state index contributed by atoms with van der Waals surface area (Å²) in [4.78, 5) is 13.5. The fourth-order valence-corrected chi connectivity index (χ4v) is 10.5. The molecule has 4 saturated heterocycles. The number of nitrogens with zero attached hydrogens (tertiary/aromatic N) is 5. The highest BCUT2D eigenvalue weighted by Crippen LogP contribution is 2.48. The number of fused-ring (bicyclic) bond motifs is 6. The number of benzene rings is 3. The molecule has 9 rings (SSSR count). The molecule has 51 heavy (non-hydrogen) atoms. The van der Waals surface area contributed by atoms with Gasteiger partial charge in [0.25, 0.3) is 0 Å². The highest BCUT2D eigenvalue weighted by Gasteiger charge is 2.50. The van der Waals surface area contributed by atoms with Crippen molar-refractivity contribution < 1.29 is 35.8 Å². The lowest BCUT2D eigenvalue weighted by molar-refractivity contribution is 0.0907. The van der Waals surface area contributed by atoms with Crippen LogP contribution in [0.1, 0.15) is 38.5 Å². The first-order chi connectivity index (χ1) is 24.4. The van der Waals surface area contributed by atoms with Crippen molar-refractivity contribution in [2.75, 3.05) is 50.5 Å². The largest absolute Gasteiger partial charge is 0.508 e. The monoisotopic (exact) mass is 726 g/mol. The van der Waals surface area contributed by atoms with Gasteiger partial charge in [-0.3, -0.25) is 4.90 Å². The Morgan fingerprint density at radius 2 is 1.63 bits per heavy atom. The number of ether oxygens (including phenoxy) is 1. The van der Waals surface area contributed by atoms with E-state index < -0.39 is 38.9 Å². The average Bonchev–Trinajstić information content (AvgIpc) is 3.66. The van der Waals surface area contributed by atoms with Gasteiger partial charge in [0.1, 0.15) is 22.9 Å². The molecule has 0 radical (unpaired) electrons. The predicted molar refractivity (Wildman–Crippen MR) is 183 cm³/mol. The second kappa shape index (κ2) is 11.9. The zero-order valence-electron chi connectivity index (χ0n) is 28.0. The molecule has 270 valence electrons. The number of likely N-dealkylation sites (tertiary alicyclic amines) is 1. The van der Waals surface area contributed by atoms with Crippen LogP contribution < -0.4 is 15.0 Å². The molecule has 15 heteroatoms. The Morgan fingerprint density at radius 3 is 2.29 bits per heavy atom. The molecule has 1 aromatic heterocycles. The number of aromatic hydroxyl groups is 1. The van der Waals surface area contributed by atoms with Crippen molar-refractivity contribution in [3.63, 3.8) is 0 Å². The summed E-state index contributed by atoms with van der Waals surface area (Å²) in [5.74, 6) is -4.66. The molecule has 4 unspecified atom stereocenters. The first-order valence-electron chi connectivity index (χ1n) is 17.5. The first-order valence-corrected chi connectivity index (χ1v) is 19.4. The third-order valence-corrected chi connectivity index (χ3v) is 12.9. The molecule has 2 N–H and O–H groups in total. The minimum atomic E-state index is -3.28. The lowest BCUT2D eigenvalue weighted by atomic mass is 9.95. The van der Waals surface area contributed by atoms with Crippen LogP contribution in [0, 0.1) is 28.7 Å². The summed E-state index contributed by atoms with van der Waals surface area (Å²) in [5, 5.41) is 13.8. The van der Waals surface area contributed by atoms with Crippen LogP contribution in [0.3, 0.4) is 0 Å². The number of sulfonamides is 1. The van der Waals surface area contributed by atoms with Crippen molar-refractivity contribution in [1.82, 2.24) is 24.5 Å². The Balaban J connectivity index is 1.08. The van der Waals surface area contributed by atoms with E-state index in [1.807, 2.05) is 4.90 Å². The number of phenolic OH excluding ortho intramolecular Hbond substituents is 1. The number of aromatic nitrogens is 2. The van der Waals surface area contributed by atoms with Gasteiger partial charge >= 0.3 is 6.01 Å². The van der Waals surface area contributed by atoms with Crippen LogP contribution in [0.25, 0.3) is 32.8 Å². The second-order valence-corrected chi connectivity index (χ2v) is 17.1. The van der Waals surface area contributed by atoms with E-state index in [1.54, 1.807) is 4.31 Å². The van der Waals surface area contributed by atoms with E-state index >= 15 is 13.2 Å². The van der Waals surface area contributed by atoms with E-state index in [0.29, 0.717) is 32.0 Å². The Kier molecular flexibility index (Phi) is 7.70. The van der Waals surface area contributed by atoms with Crippen molar-refractivity contribution in [1.29, 1.82) is 0 Å². The van der Waals surface area contributed by atoms with Gasteiger partial charge < -0.3 is 20.1 Å². The lowest BCUT2D eigenvalue weighted by Gasteiger charge is -2.40. The minimum Gasteiger partial charge on any atom is -0.508 e. The smallest absolute Gasteiger partial charge is 0.319 e. The maximum atomic E-state index is 16.8. The molecule has 3 aromatic carbocycles. The van der Waals surface area contributed by atoms with Gasteiger partial charge in [-0.05, 0) is 68.2 Å². The molecule has 1 aliphatic carbocycles. The number of halogens is 4. The molecule has 0 amide bonds. The van der Waals surface area contributed by atoms with E-state index in [2.05, 4.69) is 15.2 Å². The molecular weight excluding hydrogens is 688 g/mol. The standard InChI is InChI=1S/C36H38F4N6O4S/c1-51(48,49)46-22-5-6-23(46)16-44(15-22)17-36(8-9-36)18-50-35-42-33-26(34(43-35)45-13-20-3-4-21(14-45)41-20)12-28(38)30(32(33)40)25-11-24(47)10-19-2-7-27(37)31(39)29(19)25/h2,7,10-12,20-23,41,47H,3-6,8-9,13-18H2,1H3. The van der Waals surface area contributed by atoms with Crippen molar-refractivity contribution in [3.05, 3.63) is 53.6 Å². The van der Waals surface area contributed by atoms with Gasteiger partial charge in [-0.1, -0.05) is 6.07 Å². The van der Waals surface area contributed by atoms with Gasteiger partial charge in [0.05, 0.1) is 18.4 Å². The zero-order valence-corrected chi connectivity index (χ0v) is 28.8. The molecule has 0 spiro atoms. The van der Waals surface area contributed by atoms with Crippen LogP contribution in [0.2, 0.25) is 0 Å². The van der Waals surface area contributed by atoms with E-state index in [0.717, 1.165) is 63.3 Å². The molecule has 4 atom stereocenters. The Bertz CT molecular complexity index is 2180. The molecule has 1 saturated carbocycles. The van der Waals surface area contributed by atoms with Gasteiger partial charge in [-0.25, -0.2) is 26.0 Å². The molecule has 5 fully saturated rings. The van der Waals surface area contributed by atoms with Gasteiger partial charge in [0, 0.05) is 78.6 Å². The quantitative estimate of drug-likeness (QED) is 0.245. The van der Waals surface area contributed by atoms with E-state index in [4.69, 9.17) is 9.72 Å². The number of hydrogen-bond donors (Lipinski definition) is 2. The van der Waals surface area contributed by atoms with Crippen molar-refractivity contribution in [2.45, 2.75) is 62.7 Å². The zero-order chi connectivity index (χ0) is 35.4. The summed E-state index contributed by atoms with van der Waals surface area (Å²) in [6, 6.07) is 5.70. The van der Waals surface area contributed by atoms with Gasteiger partial charge in [0.15, 0.2) is 17.5 Å². The molecule has 10 nitrogen and oxygen atoms in total. The van der Waals surface area contributed by atoms with Crippen molar-refractivity contribution in [3.8, 4) is 22.9 Å². The van der Waals surface area contributed by atoms with Crippen LogP contribution in [0.4, 0.5) is 23.4 Å². The number of hydrogen-bond acceptors (Lipinski definition) is 9. The molecule has 5 heterocycles. The summed E-state index contributed by atoms with van der Waals surface area (Å²) in [6.45, 7) is 3.42. The summed E-state index contributed by atoms with van der Waals surface area (Å²) >= 11 is 0. The van der Waals surface area contributed by atoms with Crippen LogP contribution in [0.15, 0.2) is 30.3 Å². The molecular formula is C36H38F4N6O4S. The number of piperazine rings is 2. The van der Waals surface area contributed by atoms with Crippen LogP contribution in [0.5, 0.6) is 11.8 Å². The Hall–Kier alpha value is -3.79. The summed E-state index contributed by atoms with van der Waals surface area (Å²) in [5.41, 5.74) is -1.42. The fourth-order valence-electron chi connectivity index (χ4n) is 9.10. The van der Waals surface area contributed by atoms with E-state index in [-0.39, 0.29) is 75.2 Å². The van der Waals surface area contributed by atoms with Crippen LogP contribution in [-0.2, 0) is 10.0 Å². The van der Waals surface area contributed by atoms with Gasteiger partial charge in [0.2, 0.25) is 10.0 Å². The molecule has 4 bridgehead atoms. The second-order valence-electron chi connectivity index (χ2n) is 15.2. The third kappa shape index (κ3) is 5.76. The number of rotatable bonds is 8. The predicted octanol–water partition coefficient (Wildman–Crippen LogP) is 4.92. The third-order valence-electron chi connectivity index (χ3n) is 11.5. The number of phenols is 1. The topological polar surface area (TPSA) is 111 Å². The highest BCUT2D eigenvalue weighted by atomic mass is 32.2. The Labute approximate surface area is 292 Å². The van der Waals surface area contributed by atoms with Crippen LogP contribution >= 0.6 is 0 Å². The highest BCUT2D eigenvalue weighted by molar-refractivity contribution is 7.88. The van der Waals surface area contributed by atoms with E-state index in [9.17, 15) is 17.9 Å². The molecule has 5 aliphatic rings. The molecule has 4 aromatic rings. The SMILES string of the molecule is CS(=O)(=O)N1C2CCC1CN(CC1(COc3nc(N4CC5CCC(C4)N5)c4cc(F)c(-c5cc(O)cc6ccc(F)c(F)c56)c(F)c4n3)CC1)C2. The number of nitrogens with one attached hydrogen (secondary N) is 1. The summed E-state index contributed by atoms with van der Waals surface area (Å²) in [6.07, 6.45) is 6.68. The fraction of sp³-hybridized carbons (Fsp3) is 0.500. The lowest BCUT2D eigenvalue weighted by Crippen LogP contribution is -2.56. The maximum absolute atomic E-state index is 16.8. The van der Waals surface area contributed by atoms with Crippen LogP contribution in [-0.4, -0.2) is 102 Å². The van der Waals surface area contributed by atoms with Crippen molar-refractivity contribution >= 4 is 37.5 Å². The van der Waals surface area contributed by atoms with Gasteiger partial charge in [-0.2, -0.15) is 14.3 Å². The van der Waals surface area contributed by atoms with E-state index in [1.165, 1.54) is 18.4 Å². The minimum absolute atomic E-state index is 0.0395. The average molecular weight is 727 g/mol. The molecule has 4 aliphatic heterocycles. The normalized spacial score (nSPS) is 26.0. The van der Waals surface area contributed by atoms with Crippen molar-refractivity contribution in [2.24, 2.45) is 5.41 Å². The summed E-state index contributed by atoms with van der Waals surface area (Å²) < 4.78 is 95.4. The maximum Gasteiger partial charge on any atom is 0.319 e. The first kappa shape index (κ1) is 33.1.